The van der Waals surface area contributed by atoms with Crippen LogP contribution in [0.15, 0.2) is 12.1 Å². The SMILES string of the molecule is COCCCn1nnc2cc(F)c(C(=O)O)cc21. The summed E-state index contributed by atoms with van der Waals surface area (Å²) in [6, 6.07) is 2.33. The van der Waals surface area contributed by atoms with Gasteiger partial charge in [-0.2, -0.15) is 0 Å². The third-order valence-corrected chi connectivity index (χ3v) is 2.55. The van der Waals surface area contributed by atoms with Gasteiger partial charge in [-0.05, 0) is 12.5 Å². The molecule has 2 rings (SSSR count). The first-order valence-electron chi connectivity index (χ1n) is 5.38. The Kier molecular flexibility index (Phi) is 3.52. The van der Waals surface area contributed by atoms with E-state index in [1.807, 2.05) is 0 Å². The maximum atomic E-state index is 13.4. The highest BCUT2D eigenvalue weighted by molar-refractivity contribution is 5.92. The minimum absolute atomic E-state index is 0.343. The number of hydrogen-bond acceptors (Lipinski definition) is 4. The smallest absolute Gasteiger partial charge is 0.338 e. The van der Waals surface area contributed by atoms with Crippen LogP contribution in [0.1, 0.15) is 16.8 Å². The molecule has 7 heteroatoms. The zero-order valence-corrected chi connectivity index (χ0v) is 9.76. The van der Waals surface area contributed by atoms with Crippen molar-refractivity contribution in [3.8, 4) is 0 Å². The van der Waals surface area contributed by atoms with Crippen LogP contribution in [0.5, 0.6) is 0 Å². The molecule has 1 aromatic carbocycles. The molecule has 0 radical (unpaired) electrons. The van der Waals surface area contributed by atoms with Gasteiger partial charge in [-0.1, -0.05) is 5.21 Å². The van der Waals surface area contributed by atoms with E-state index in [4.69, 9.17) is 9.84 Å². The second-order valence-electron chi connectivity index (χ2n) is 3.78. The summed E-state index contributed by atoms with van der Waals surface area (Å²) < 4.78 is 19.9. The average Bonchev–Trinajstić information content (AvgIpc) is 2.70. The highest BCUT2D eigenvalue weighted by atomic mass is 19.1. The van der Waals surface area contributed by atoms with Crippen LogP contribution in [-0.2, 0) is 11.3 Å². The second-order valence-corrected chi connectivity index (χ2v) is 3.78. The van der Waals surface area contributed by atoms with Gasteiger partial charge in [0.05, 0.1) is 11.1 Å². The molecular formula is C11H12FN3O3. The summed E-state index contributed by atoms with van der Waals surface area (Å²) in [6.45, 7) is 1.10. The third-order valence-electron chi connectivity index (χ3n) is 2.55. The Balaban J connectivity index is 2.38. The number of fused-ring (bicyclic) bond motifs is 1. The Morgan fingerprint density at radius 2 is 2.33 bits per heavy atom. The van der Waals surface area contributed by atoms with E-state index in [1.54, 1.807) is 11.8 Å². The maximum absolute atomic E-state index is 13.4. The van der Waals surface area contributed by atoms with Gasteiger partial charge in [-0.25, -0.2) is 13.9 Å². The number of aryl methyl sites for hydroxylation is 1. The van der Waals surface area contributed by atoms with E-state index in [0.717, 1.165) is 12.5 Å². The normalized spacial score (nSPS) is 11.0. The van der Waals surface area contributed by atoms with Gasteiger partial charge >= 0.3 is 5.97 Å². The fourth-order valence-corrected chi connectivity index (χ4v) is 1.68. The lowest BCUT2D eigenvalue weighted by Gasteiger charge is -2.02. The molecule has 96 valence electrons. The van der Waals surface area contributed by atoms with Crippen molar-refractivity contribution < 1.29 is 19.0 Å². The lowest BCUT2D eigenvalue weighted by molar-refractivity contribution is 0.0692. The van der Waals surface area contributed by atoms with Gasteiger partial charge in [0.25, 0.3) is 0 Å². The molecule has 0 aliphatic carbocycles. The maximum Gasteiger partial charge on any atom is 0.338 e. The molecule has 1 N–H and O–H groups in total. The standard InChI is InChI=1S/C11H12FN3O3/c1-18-4-2-3-15-10-5-7(11(16)17)8(12)6-9(10)13-14-15/h5-6H,2-4H2,1H3,(H,16,17). The van der Waals surface area contributed by atoms with Crippen molar-refractivity contribution >= 4 is 17.0 Å². The van der Waals surface area contributed by atoms with Crippen LogP contribution < -0.4 is 0 Å². The first-order chi connectivity index (χ1) is 8.63. The summed E-state index contributed by atoms with van der Waals surface area (Å²) in [5.41, 5.74) is 0.470. The molecule has 18 heavy (non-hydrogen) atoms. The largest absolute Gasteiger partial charge is 0.478 e. The summed E-state index contributed by atoms with van der Waals surface area (Å²) in [5, 5.41) is 16.5. The van der Waals surface area contributed by atoms with E-state index in [-0.39, 0.29) is 5.56 Å². The van der Waals surface area contributed by atoms with E-state index in [0.29, 0.717) is 24.2 Å². The van der Waals surface area contributed by atoms with Crippen LogP contribution in [0.3, 0.4) is 0 Å². The van der Waals surface area contributed by atoms with E-state index in [9.17, 15) is 9.18 Å². The molecule has 0 spiro atoms. The molecule has 0 amide bonds. The number of methoxy groups -OCH3 is 1. The number of ether oxygens (including phenoxy) is 1. The Morgan fingerprint density at radius 1 is 1.56 bits per heavy atom. The zero-order valence-electron chi connectivity index (χ0n) is 9.76. The number of carboxylic acids is 1. The first kappa shape index (κ1) is 12.4. The highest BCUT2D eigenvalue weighted by Crippen LogP contribution is 2.17. The molecule has 0 saturated carbocycles. The van der Waals surface area contributed by atoms with E-state index in [2.05, 4.69) is 10.3 Å². The molecular weight excluding hydrogens is 241 g/mol. The number of carbonyl (C=O) groups is 1. The minimum Gasteiger partial charge on any atom is -0.478 e. The Hall–Kier alpha value is -2.02. The lowest BCUT2D eigenvalue weighted by atomic mass is 10.2. The summed E-state index contributed by atoms with van der Waals surface area (Å²) in [7, 11) is 1.59. The minimum atomic E-state index is -1.31. The van der Waals surface area contributed by atoms with Crippen molar-refractivity contribution in [2.45, 2.75) is 13.0 Å². The molecule has 0 bridgehead atoms. The average molecular weight is 253 g/mol. The number of aromatic carboxylic acids is 1. The molecule has 0 fully saturated rings. The van der Waals surface area contributed by atoms with E-state index >= 15 is 0 Å². The molecule has 0 atom stereocenters. The predicted octanol–water partition coefficient (Wildman–Crippen LogP) is 1.31. The number of carboxylic acid groups (broad SMARTS) is 1. The van der Waals surface area contributed by atoms with Crippen LogP contribution in [0, 0.1) is 5.82 Å². The number of halogens is 1. The van der Waals surface area contributed by atoms with Crippen LogP contribution in [0.4, 0.5) is 4.39 Å². The van der Waals surface area contributed by atoms with Gasteiger partial charge in [0, 0.05) is 26.3 Å². The van der Waals surface area contributed by atoms with E-state index < -0.39 is 11.8 Å². The Bertz CT molecular complexity index is 582. The van der Waals surface area contributed by atoms with Crippen molar-refractivity contribution in [2.75, 3.05) is 13.7 Å². The van der Waals surface area contributed by atoms with Crippen LogP contribution in [0.2, 0.25) is 0 Å². The van der Waals surface area contributed by atoms with Gasteiger partial charge in [-0.3, -0.25) is 0 Å². The summed E-state index contributed by atoms with van der Waals surface area (Å²) >= 11 is 0. The second kappa shape index (κ2) is 5.09. The van der Waals surface area contributed by atoms with Crippen LogP contribution in [-0.4, -0.2) is 39.8 Å². The third kappa shape index (κ3) is 2.30. The Labute approximate surface area is 102 Å². The molecule has 2 aromatic rings. The van der Waals surface area contributed by atoms with Crippen molar-refractivity contribution in [3.63, 3.8) is 0 Å². The monoisotopic (exact) mass is 253 g/mol. The van der Waals surface area contributed by atoms with Crippen molar-refractivity contribution in [2.24, 2.45) is 0 Å². The number of benzene rings is 1. The van der Waals surface area contributed by atoms with E-state index in [1.165, 1.54) is 6.07 Å². The predicted molar refractivity (Wildman–Crippen MR) is 60.9 cm³/mol. The topological polar surface area (TPSA) is 77.2 Å². The molecule has 0 aliphatic heterocycles. The van der Waals surface area contributed by atoms with Gasteiger partial charge < -0.3 is 9.84 Å². The van der Waals surface area contributed by atoms with Gasteiger partial charge in [0.1, 0.15) is 11.3 Å². The van der Waals surface area contributed by atoms with Crippen molar-refractivity contribution in [1.82, 2.24) is 15.0 Å². The number of hydrogen-bond donors (Lipinski definition) is 1. The summed E-state index contributed by atoms with van der Waals surface area (Å²) in [5.74, 6) is -2.11. The van der Waals surface area contributed by atoms with Gasteiger partial charge in [0.15, 0.2) is 0 Å². The van der Waals surface area contributed by atoms with Gasteiger partial charge in [0.2, 0.25) is 0 Å². The molecule has 0 aliphatic rings. The molecule has 6 nitrogen and oxygen atoms in total. The molecule has 0 saturated heterocycles. The van der Waals surface area contributed by atoms with Crippen LogP contribution >= 0.6 is 0 Å². The number of aromatic nitrogens is 3. The molecule has 1 heterocycles. The number of rotatable bonds is 5. The quantitative estimate of drug-likeness (QED) is 0.813. The fraction of sp³-hybridized carbons (Fsp3) is 0.364. The van der Waals surface area contributed by atoms with Crippen molar-refractivity contribution in [1.29, 1.82) is 0 Å². The highest BCUT2D eigenvalue weighted by Gasteiger charge is 2.15. The van der Waals surface area contributed by atoms with Crippen LogP contribution in [0.25, 0.3) is 11.0 Å². The zero-order chi connectivity index (χ0) is 13.1. The summed E-state index contributed by atoms with van der Waals surface area (Å²) in [4.78, 5) is 10.8. The summed E-state index contributed by atoms with van der Waals surface area (Å²) in [6.07, 6.45) is 0.717. The Morgan fingerprint density at radius 3 is 3.00 bits per heavy atom. The van der Waals surface area contributed by atoms with Gasteiger partial charge in [-0.15, -0.1) is 5.10 Å². The fourth-order valence-electron chi connectivity index (χ4n) is 1.68. The number of nitrogens with zero attached hydrogens (tertiary/aromatic N) is 3. The molecule has 1 aromatic heterocycles. The van der Waals surface area contributed by atoms with Crippen molar-refractivity contribution in [3.05, 3.63) is 23.5 Å². The molecule has 0 unspecified atom stereocenters. The first-order valence-corrected chi connectivity index (χ1v) is 5.38. The lowest BCUT2D eigenvalue weighted by Crippen LogP contribution is -2.05.